The summed E-state index contributed by atoms with van der Waals surface area (Å²) >= 11 is 1.63. The van der Waals surface area contributed by atoms with E-state index in [2.05, 4.69) is 29.4 Å². The molecule has 2 rings (SSSR count). The van der Waals surface area contributed by atoms with Crippen LogP contribution >= 0.6 is 11.3 Å². The fourth-order valence-electron chi connectivity index (χ4n) is 1.95. The van der Waals surface area contributed by atoms with Gasteiger partial charge in [-0.1, -0.05) is 30.3 Å². The number of nitrogens with zero attached hydrogens (tertiary/aromatic N) is 1. The van der Waals surface area contributed by atoms with Crippen molar-refractivity contribution in [2.75, 3.05) is 6.61 Å². The van der Waals surface area contributed by atoms with Gasteiger partial charge in [-0.3, -0.25) is 4.98 Å². The molecule has 0 bridgehead atoms. The van der Waals surface area contributed by atoms with Crippen LogP contribution in [0.25, 0.3) is 0 Å². The van der Waals surface area contributed by atoms with Gasteiger partial charge in [0.1, 0.15) is 0 Å². The van der Waals surface area contributed by atoms with Crippen LogP contribution < -0.4 is 5.32 Å². The molecule has 3 nitrogen and oxygen atoms in total. The fourth-order valence-corrected chi connectivity index (χ4v) is 2.59. The first-order chi connectivity index (χ1) is 8.79. The molecule has 1 aromatic carbocycles. The molecule has 0 aliphatic heterocycles. The number of rotatable bonds is 6. The van der Waals surface area contributed by atoms with Gasteiger partial charge in [-0.2, -0.15) is 0 Å². The summed E-state index contributed by atoms with van der Waals surface area (Å²) in [5.41, 5.74) is 3.07. The van der Waals surface area contributed by atoms with Crippen molar-refractivity contribution in [1.29, 1.82) is 0 Å². The van der Waals surface area contributed by atoms with Gasteiger partial charge in [-0.25, -0.2) is 0 Å². The minimum atomic E-state index is 0.0736. The van der Waals surface area contributed by atoms with Crippen molar-refractivity contribution in [3.8, 4) is 0 Å². The summed E-state index contributed by atoms with van der Waals surface area (Å²) in [7, 11) is 0. The summed E-state index contributed by atoms with van der Waals surface area (Å²) in [6.07, 6.45) is 2.71. The molecular weight excluding hydrogens is 244 g/mol. The van der Waals surface area contributed by atoms with Crippen molar-refractivity contribution in [1.82, 2.24) is 10.3 Å². The Bertz CT molecular complexity index is 444. The lowest BCUT2D eigenvalue weighted by Gasteiger charge is -2.20. The van der Waals surface area contributed by atoms with E-state index in [1.807, 2.05) is 29.9 Å². The van der Waals surface area contributed by atoms with E-state index in [9.17, 15) is 5.11 Å². The van der Waals surface area contributed by atoms with Crippen LogP contribution in [-0.2, 0) is 6.42 Å². The van der Waals surface area contributed by atoms with Crippen LogP contribution in [0.4, 0.5) is 0 Å². The highest BCUT2D eigenvalue weighted by Gasteiger charge is 2.14. The number of aliphatic hydroxyl groups is 1. The molecule has 0 aliphatic carbocycles. The Hall–Kier alpha value is -1.23. The second kappa shape index (κ2) is 6.64. The Labute approximate surface area is 112 Å². The van der Waals surface area contributed by atoms with E-state index in [0.29, 0.717) is 0 Å². The largest absolute Gasteiger partial charge is 0.395 e. The SMILES string of the molecule is CC(NC(CO)Cc1ccccc1)c1cncs1. The number of hydrogen-bond acceptors (Lipinski definition) is 4. The maximum Gasteiger partial charge on any atom is 0.0794 e. The number of aliphatic hydroxyl groups excluding tert-OH is 1. The lowest BCUT2D eigenvalue weighted by atomic mass is 10.1. The molecule has 18 heavy (non-hydrogen) atoms. The molecule has 2 atom stereocenters. The molecule has 2 aromatic rings. The van der Waals surface area contributed by atoms with Crippen LogP contribution in [-0.4, -0.2) is 22.7 Å². The third-order valence-corrected chi connectivity index (χ3v) is 3.87. The first kappa shape index (κ1) is 13.2. The lowest BCUT2D eigenvalue weighted by Crippen LogP contribution is -2.36. The molecule has 0 amide bonds. The third kappa shape index (κ3) is 3.63. The second-order valence-electron chi connectivity index (χ2n) is 4.36. The Kier molecular flexibility index (Phi) is 4.87. The number of benzene rings is 1. The first-order valence-corrected chi connectivity index (χ1v) is 6.96. The summed E-state index contributed by atoms with van der Waals surface area (Å²) in [6.45, 7) is 2.24. The fraction of sp³-hybridized carbons (Fsp3) is 0.357. The second-order valence-corrected chi connectivity index (χ2v) is 5.28. The highest BCUT2D eigenvalue weighted by molar-refractivity contribution is 7.09. The minimum absolute atomic E-state index is 0.0736. The molecule has 1 aromatic heterocycles. The van der Waals surface area contributed by atoms with Gasteiger partial charge in [0.15, 0.2) is 0 Å². The van der Waals surface area contributed by atoms with Gasteiger partial charge in [0.05, 0.1) is 12.1 Å². The average Bonchev–Trinajstić information content (AvgIpc) is 2.93. The Morgan fingerprint density at radius 1 is 1.33 bits per heavy atom. The van der Waals surface area contributed by atoms with Gasteiger partial charge in [0, 0.05) is 23.2 Å². The zero-order valence-corrected chi connectivity index (χ0v) is 11.2. The molecule has 0 aliphatic rings. The Morgan fingerprint density at radius 2 is 2.11 bits per heavy atom. The summed E-state index contributed by atoms with van der Waals surface area (Å²) < 4.78 is 0. The topological polar surface area (TPSA) is 45.1 Å². The van der Waals surface area contributed by atoms with Gasteiger partial charge in [0.2, 0.25) is 0 Å². The van der Waals surface area contributed by atoms with Crippen LogP contribution in [0.1, 0.15) is 23.4 Å². The first-order valence-electron chi connectivity index (χ1n) is 6.09. The van der Waals surface area contributed by atoms with E-state index < -0.39 is 0 Å². The maximum atomic E-state index is 9.46. The number of nitrogens with one attached hydrogen (secondary N) is 1. The molecule has 96 valence electrons. The van der Waals surface area contributed by atoms with Gasteiger partial charge in [-0.05, 0) is 18.9 Å². The molecule has 0 saturated heterocycles. The van der Waals surface area contributed by atoms with Crippen molar-refractivity contribution in [3.63, 3.8) is 0 Å². The van der Waals surface area contributed by atoms with Crippen molar-refractivity contribution < 1.29 is 5.11 Å². The molecular formula is C14H18N2OS. The molecule has 2 unspecified atom stereocenters. The minimum Gasteiger partial charge on any atom is -0.395 e. The summed E-state index contributed by atoms with van der Waals surface area (Å²) in [5.74, 6) is 0. The zero-order valence-electron chi connectivity index (χ0n) is 10.4. The van der Waals surface area contributed by atoms with Crippen molar-refractivity contribution in [2.24, 2.45) is 0 Å². The highest BCUT2D eigenvalue weighted by Crippen LogP contribution is 2.17. The predicted octanol–water partition coefficient (Wildman–Crippen LogP) is 2.40. The highest BCUT2D eigenvalue weighted by atomic mass is 32.1. The molecule has 0 radical (unpaired) electrons. The van der Waals surface area contributed by atoms with E-state index in [1.165, 1.54) is 10.4 Å². The normalized spacial score (nSPS) is 14.3. The average molecular weight is 262 g/mol. The number of thiazole rings is 1. The quantitative estimate of drug-likeness (QED) is 0.840. The Morgan fingerprint density at radius 3 is 2.72 bits per heavy atom. The van der Waals surface area contributed by atoms with Gasteiger partial charge < -0.3 is 10.4 Å². The monoisotopic (exact) mass is 262 g/mol. The molecule has 0 spiro atoms. The van der Waals surface area contributed by atoms with E-state index in [-0.39, 0.29) is 18.7 Å². The third-order valence-electron chi connectivity index (χ3n) is 2.91. The van der Waals surface area contributed by atoms with E-state index in [0.717, 1.165) is 6.42 Å². The Balaban J connectivity index is 1.93. The van der Waals surface area contributed by atoms with Crippen LogP contribution in [0, 0.1) is 0 Å². The van der Waals surface area contributed by atoms with Crippen molar-refractivity contribution >= 4 is 11.3 Å². The zero-order chi connectivity index (χ0) is 12.8. The summed E-state index contributed by atoms with van der Waals surface area (Å²) in [5, 5.41) is 12.9. The maximum absolute atomic E-state index is 9.46. The molecule has 0 fully saturated rings. The van der Waals surface area contributed by atoms with Crippen LogP contribution in [0.2, 0.25) is 0 Å². The molecule has 4 heteroatoms. The van der Waals surface area contributed by atoms with Crippen LogP contribution in [0.5, 0.6) is 0 Å². The predicted molar refractivity (Wildman–Crippen MR) is 74.7 cm³/mol. The van der Waals surface area contributed by atoms with E-state index in [1.54, 1.807) is 11.3 Å². The molecule has 0 saturated carbocycles. The smallest absolute Gasteiger partial charge is 0.0794 e. The molecule has 2 N–H and O–H groups in total. The van der Waals surface area contributed by atoms with Crippen LogP contribution in [0.3, 0.4) is 0 Å². The van der Waals surface area contributed by atoms with E-state index in [4.69, 9.17) is 0 Å². The van der Waals surface area contributed by atoms with Crippen molar-refractivity contribution in [2.45, 2.75) is 25.4 Å². The lowest BCUT2D eigenvalue weighted by molar-refractivity contribution is 0.233. The van der Waals surface area contributed by atoms with Crippen LogP contribution in [0.15, 0.2) is 42.0 Å². The van der Waals surface area contributed by atoms with Crippen molar-refractivity contribution in [3.05, 3.63) is 52.5 Å². The number of hydrogen-bond donors (Lipinski definition) is 2. The number of aromatic nitrogens is 1. The summed E-state index contributed by atoms with van der Waals surface area (Å²) in [4.78, 5) is 5.27. The van der Waals surface area contributed by atoms with Gasteiger partial charge >= 0.3 is 0 Å². The van der Waals surface area contributed by atoms with E-state index >= 15 is 0 Å². The van der Waals surface area contributed by atoms with Gasteiger partial charge in [0.25, 0.3) is 0 Å². The molecule has 1 heterocycles. The standard InChI is InChI=1S/C14H18N2OS/c1-11(14-8-15-10-18-14)16-13(9-17)7-12-5-3-2-4-6-12/h2-6,8,10-11,13,16-17H,7,9H2,1H3. The van der Waals surface area contributed by atoms with Gasteiger partial charge in [-0.15, -0.1) is 11.3 Å². The summed E-state index contributed by atoms with van der Waals surface area (Å²) in [6, 6.07) is 10.5.